The minimum absolute atomic E-state index is 0.187. The number of piperidine rings is 3. The summed E-state index contributed by atoms with van der Waals surface area (Å²) in [6, 6.07) is 6.66. The summed E-state index contributed by atoms with van der Waals surface area (Å²) in [5.74, 6) is 0.585. The highest BCUT2D eigenvalue weighted by molar-refractivity contribution is 6.02. The Morgan fingerprint density at radius 3 is 2.64 bits per heavy atom. The molecule has 4 heterocycles. The molecule has 3 fully saturated rings. The molecule has 33 heavy (non-hydrogen) atoms. The molecule has 178 valence electrons. The van der Waals surface area contributed by atoms with Gasteiger partial charge in [0, 0.05) is 30.9 Å². The molecule has 0 radical (unpaired) electrons. The highest BCUT2D eigenvalue weighted by Gasteiger charge is 2.37. The summed E-state index contributed by atoms with van der Waals surface area (Å²) in [7, 11) is 1.95. The smallest absolute Gasteiger partial charge is 0.235 e. The lowest BCUT2D eigenvalue weighted by Gasteiger charge is -2.47. The first kappa shape index (κ1) is 22.5. The van der Waals surface area contributed by atoms with E-state index in [-0.39, 0.29) is 23.3 Å². The van der Waals surface area contributed by atoms with Gasteiger partial charge < -0.3 is 5.32 Å². The van der Waals surface area contributed by atoms with E-state index in [2.05, 4.69) is 47.6 Å². The van der Waals surface area contributed by atoms with Crippen molar-refractivity contribution in [1.82, 2.24) is 25.3 Å². The van der Waals surface area contributed by atoms with Gasteiger partial charge in [-0.25, -0.2) is 0 Å². The van der Waals surface area contributed by atoms with Crippen LogP contribution in [0.5, 0.6) is 0 Å². The van der Waals surface area contributed by atoms with Gasteiger partial charge in [-0.2, -0.15) is 5.10 Å². The SMILES string of the molecule is Cn1nc(C2CCC(=O)NC2=O)c2ccc([C@@H]3CCN(CC4CCNCC4)C(C)(C)C3)cc21. The second-order valence-corrected chi connectivity index (χ2v) is 10.9. The topological polar surface area (TPSA) is 79.3 Å². The number of aromatic nitrogens is 2. The molecule has 5 rings (SSSR count). The van der Waals surface area contributed by atoms with Gasteiger partial charge >= 0.3 is 0 Å². The van der Waals surface area contributed by atoms with Crippen LogP contribution in [0.1, 0.15) is 75.5 Å². The number of fused-ring (bicyclic) bond motifs is 1. The van der Waals surface area contributed by atoms with Gasteiger partial charge in [0.1, 0.15) is 0 Å². The number of benzene rings is 1. The first-order valence-corrected chi connectivity index (χ1v) is 12.6. The molecule has 2 amide bonds. The highest BCUT2D eigenvalue weighted by Crippen LogP contribution is 2.40. The molecule has 2 atom stereocenters. The number of nitrogens with one attached hydrogen (secondary N) is 2. The molecule has 0 saturated carbocycles. The maximum absolute atomic E-state index is 12.4. The van der Waals surface area contributed by atoms with Crippen molar-refractivity contribution in [3.8, 4) is 0 Å². The van der Waals surface area contributed by atoms with Gasteiger partial charge in [0.15, 0.2) is 0 Å². The lowest BCUT2D eigenvalue weighted by atomic mass is 9.78. The van der Waals surface area contributed by atoms with Gasteiger partial charge in [-0.1, -0.05) is 12.1 Å². The highest BCUT2D eigenvalue weighted by atomic mass is 16.2. The molecular weight excluding hydrogens is 414 g/mol. The van der Waals surface area contributed by atoms with E-state index in [4.69, 9.17) is 5.10 Å². The molecule has 1 aromatic carbocycles. The van der Waals surface area contributed by atoms with Gasteiger partial charge in [-0.3, -0.25) is 24.5 Å². The second-order valence-electron chi connectivity index (χ2n) is 10.9. The van der Waals surface area contributed by atoms with Crippen LogP contribution in [0.4, 0.5) is 0 Å². The predicted molar refractivity (Wildman–Crippen MR) is 129 cm³/mol. The molecule has 0 spiro atoms. The van der Waals surface area contributed by atoms with Gasteiger partial charge in [-0.15, -0.1) is 0 Å². The first-order valence-electron chi connectivity index (χ1n) is 12.6. The van der Waals surface area contributed by atoms with E-state index < -0.39 is 0 Å². The summed E-state index contributed by atoms with van der Waals surface area (Å²) in [5, 5.41) is 11.7. The van der Waals surface area contributed by atoms with Crippen LogP contribution in [-0.2, 0) is 16.6 Å². The summed E-state index contributed by atoms with van der Waals surface area (Å²) < 4.78 is 1.90. The van der Waals surface area contributed by atoms with Crippen molar-refractivity contribution in [2.24, 2.45) is 13.0 Å². The molecule has 3 saturated heterocycles. The van der Waals surface area contributed by atoms with Crippen LogP contribution in [0.15, 0.2) is 18.2 Å². The Hall–Kier alpha value is -2.25. The number of aryl methyl sites for hydroxylation is 1. The monoisotopic (exact) mass is 451 g/mol. The molecule has 0 bridgehead atoms. The lowest BCUT2D eigenvalue weighted by molar-refractivity contribution is -0.134. The van der Waals surface area contributed by atoms with Crippen LogP contribution < -0.4 is 10.6 Å². The average molecular weight is 452 g/mol. The second kappa shape index (κ2) is 8.84. The lowest BCUT2D eigenvalue weighted by Crippen LogP contribution is -2.52. The number of imide groups is 1. The number of carbonyl (C=O) groups excluding carboxylic acids is 2. The van der Waals surface area contributed by atoms with Crippen LogP contribution in [0, 0.1) is 5.92 Å². The van der Waals surface area contributed by atoms with Crippen molar-refractivity contribution < 1.29 is 9.59 Å². The molecule has 1 aromatic heterocycles. The van der Waals surface area contributed by atoms with Gasteiger partial charge in [0.2, 0.25) is 11.8 Å². The quantitative estimate of drug-likeness (QED) is 0.699. The van der Waals surface area contributed by atoms with E-state index in [0.29, 0.717) is 18.8 Å². The summed E-state index contributed by atoms with van der Waals surface area (Å²) in [4.78, 5) is 26.7. The number of nitrogens with zero attached hydrogens (tertiary/aromatic N) is 3. The van der Waals surface area contributed by atoms with E-state index in [9.17, 15) is 9.59 Å². The normalized spacial score (nSPS) is 27.1. The van der Waals surface area contributed by atoms with Crippen LogP contribution in [0.2, 0.25) is 0 Å². The Balaban J connectivity index is 1.34. The van der Waals surface area contributed by atoms with Gasteiger partial charge in [0.05, 0.1) is 17.1 Å². The van der Waals surface area contributed by atoms with E-state index in [1.165, 1.54) is 31.4 Å². The van der Waals surface area contributed by atoms with Crippen LogP contribution in [0.3, 0.4) is 0 Å². The van der Waals surface area contributed by atoms with E-state index in [0.717, 1.165) is 48.6 Å². The first-order chi connectivity index (χ1) is 15.8. The minimum Gasteiger partial charge on any atom is -0.317 e. The fourth-order valence-corrected chi connectivity index (χ4v) is 6.22. The molecule has 7 heteroatoms. The predicted octanol–water partition coefficient (Wildman–Crippen LogP) is 3.05. The van der Waals surface area contributed by atoms with E-state index in [1.807, 2.05) is 11.7 Å². The average Bonchev–Trinajstić information content (AvgIpc) is 3.11. The van der Waals surface area contributed by atoms with Crippen molar-refractivity contribution in [3.05, 3.63) is 29.5 Å². The van der Waals surface area contributed by atoms with Crippen LogP contribution in [0.25, 0.3) is 10.9 Å². The number of carbonyl (C=O) groups is 2. The van der Waals surface area contributed by atoms with Crippen molar-refractivity contribution >= 4 is 22.7 Å². The molecule has 1 unspecified atom stereocenters. The fourth-order valence-electron chi connectivity index (χ4n) is 6.22. The zero-order valence-electron chi connectivity index (χ0n) is 20.2. The van der Waals surface area contributed by atoms with E-state index >= 15 is 0 Å². The number of hydrogen-bond donors (Lipinski definition) is 2. The third-order valence-electron chi connectivity index (χ3n) is 8.23. The van der Waals surface area contributed by atoms with Gasteiger partial charge in [0.25, 0.3) is 0 Å². The van der Waals surface area contributed by atoms with Crippen LogP contribution >= 0.6 is 0 Å². The number of amides is 2. The third-order valence-corrected chi connectivity index (χ3v) is 8.23. The maximum atomic E-state index is 12.4. The Morgan fingerprint density at radius 2 is 1.91 bits per heavy atom. The van der Waals surface area contributed by atoms with Crippen molar-refractivity contribution in [3.63, 3.8) is 0 Å². The summed E-state index contributed by atoms with van der Waals surface area (Å²) >= 11 is 0. The zero-order chi connectivity index (χ0) is 23.2. The fraction of sp³-hybridized carbons (Fsp3) is 0.654. The third kappa shape index (κ3) is 4.45. The van der Waals surface area contributed by atoms with E-state index in [1.54, 1.807) is 0 Å². The Labute approximate surface area is 196 Å². The van der Waals surface area contributed by atoms with Crippen molar-refractivity contribution in [1.29, 1.82) is 0 Å². The Morgan fingerprint density at radius 1 is 1.12 bits per heavy atom. The van der Waals surface area contributed by atoms with Gasteiger partial charge in [-0.05, 0) is 89.1 Å². The molecule has 0 aliphatic carbocycles. The zero-order valence-corrected chi connectivity index (χ0v) is 20.2. The number of hydrogen-bond acceptors (Lipinski definition) is 5. The summed E-state index contributed by atoms with van der Waals surface area (Å²) in [5.41, 5.74) is 3.42. The number of likely N-dealkylation sites (tertiary alicyclic amines) is 1. The van der Waals surface area contributed by atoms with Crippen molar-refractivity contribution in [2.45, 2.75) is 69.7 Å². The molecule has 3 aliphatic heterocycles. The number of rotatable bonds is 4. The largest absolute Gasteiger partial charge is 0.317 e. The molecule has 7 nitrogen and oxygen atoms in total. The standard InChI is InChI=1S/C26H37N5O2/c1-26(2)15-19(10-13-31(26)16-17-8-11-27-12-9-17)18-4-5-20-22(14-18)30(3)29-24(20)21-6-7-23(32)28-25(21)33/h4-5,14,17,19,21,27H,6-13,15-16H2,1-3H3,(H,28,32,33)/t19-,21?/m1/s1. The van der Waals surface area contributed by atoms with Crippen LogP contribution in [-0.4, -0.2) is 58.2 Å². The minimum atomic E-state index is -0.352. The molecule has 2 aromatic rings. The Bertz CT molecular complexity index is 1050. The molecule has 2 N–H and O–H groups in total. The molecular formula is C26H37N5O2. The summed E-state index contributed by atoms with van der Waals surface area (Å²) in [6.45, 7) is 9.50. The molecule has 3 aliphatic rings. The Kier molecular flexibility index (Phi) is 6.04. The summed E-state index contributed by atoms with van der Waals surface area (Å²) in [6.07, 6.45) is 5.82. The maximum Gasteiger partial charge on any atom is 0.235 e. The van der Waals surface area contributed by atoms with Crippen molar-refractivity contribution in [2.75, 3.05) is 26.2 Å².